The molecular formula is C32H42N4O4S. The van der Waals surface area contributed by atoms with Gasteiger partial charge in [0.25, 0.3) is 5.91 Å². The van der Waals surface area contributed by atoms with Crippen molar-refractivity contribution in [3.8, 4) is 5.75 Å². The van der Waals surface area contributed by atoms with Gasteiger partial charge >= 0.3 is 0 Å². The Kier molecular flexibility index (Phi) is 7.63. The van der Waals surface area contributed by atoms with Crippen molar-refractivity contribution in [3.05, 3.63) is 60.3 Å². The van der Waals surface area contributed by atoms with Crippen LogP contribution in [0.1, 0.15) is 69.9 Å². The minimum Gasteiger partial charge on any atom is -0.490 e. The summed E-state index contributed by atoms with van der Waals surface area (Å²) >= 11 is 0. The number of ether oxygens (including phenoxy) is 1. The minimum absolute atomic E-state index is 0.0632. The van der Waals surface area contributed by atoms with Crippen LogP contribution in [0.4, 0.5) is 0 Å². The molecule has 9 heteroatoms. The largest absolute Gasteiger partial charge is 0.490 e. The van der Waals surface area contributed by atoms with Gasteiger partial charge in [-0.05, 0) is 89.8 Å². The van der Waals surface area contributed by atoms with Crippen LogP contribution >= 0.6 is 0 Å². The van der Waals surface area contributed by atoms with E-state index in [1.165, 1.54) is 17.1 Å². The molecule has 2 aromatic carbocycles. The Labute approximate surface area is 243 Å². The predicted octanol–water partition coefficient (Wildman–Crippen LogP) is 5.15. The molecule has 2 unspecified atom stereocenters. The third-order valence-electron chi connectivity index (χ3n) is 9.10. The van der Waals surface area contributed by atoms with Crippen LogP contribution in [0, 0.1) is 0 Å². The molecule has 3 aliphatic heterocycles. The number of piperazine rings is 1. The lowest BCUT2D eigenvalue weighted by atomic mass is 9.98. The Balaban J connectivity index is 1.17. The lowest BCUT2D eigenvalue weighted by molar-refractivity contribution is 0.0308. The normalized spacial score (nSPS) is 24.0. The molecule has 4 heterocycles. The van der Waals surface area contributed by atoms with Crippen molar-refractivity contribution < 1.29 is 17.9 Å². The molecule has 0 aliphatic carbocycles. The second kappa shape index (κ2) is 11.1. The summed E-state index contributed by atoms with van der Waals surface area (Å²) in [5.41, 5.74) is 1.64. The Bertz CT molecular complexity index is 1500. The molecule has 0 N–H and O–H groups in total. The molecule has 3 fully saturated rings. The molecule has 8 nitrogen and oxygen atoms in total. The fourth-order valence-corrected chi connectivity index (χ4v) is 8.78. The van der Waals surface area contributed by atoms with E-state index in [1.54, 1.807) is 35.2 Å². The molecule has 3 aliphatic rings. The summed E-state index contributed by atoms with van der Waals surface area (Å²) in [7, 11) is -3.57. The highest BCUT2D eigenvalue weighted by Crippen LogP contribution is 2.39. The number of sulfonamides is 1. The van der Waals surface area contributed by atoms with Gasteiger partial charge in [-0.3, -0.25) is 9.69 Å². The highest BCUT2D eigenvalue weighted by molar-refractivity contribution is 7.89. The van der Waals surface area contributed by atoms with Gasteiger partial charge in [-0.1, -0.05) is 18.2 Å². The topological polar surface area (TPSA) is 75.1 Å². The number of piperidine rings is 1. The highest BCUT2D eigenvalue weighted by Gasteiger charge is 2.42. The quantitative estimate of drug-likeness (QED) is 0.388. The number of aromatic nitrogens is 1. The number of fused-ring (bicyclic) bond motifs is 3. The maximum atomic E-state index is 13.8. The summed E-state index contributed by atoms with van der Waals surface area (Å²) in [6, 6.07) is 18.5. The molecule has 6 rings (SSSR count). The molecular weight excluding hydrogens is 536 g/mol. The Hall–Kier alpha value is -2.88. The standard InChI is InChI=1S/C32H42N4O4S/c1-22(2)35-25-10-11-26(35)21-28(20-25)40-27-12-13-30-24(18-27)19-31(36(30)23(3)4)32(37)33-14-16-34(17-15-33)41(38,39)29-8-6-5-7-9-29/h5-9,12-13,18-19,22-23,25-26,28H,10-11,14-17,20-21H2,1-4H3. The third kappa shape index (κ3) is 5.28. The summed E-state index contributed by atoms with van der Waals surface area (Å²) in [6.07, 6.45) is 4.87. The Morgan fingerprint density at radius 2 is 1.51 bits per heavy atom. The predicted molar refractivity (Wildman–Crippen MR) is 161 cm³/mol. The fraction of sp³-hybridized carbons (Fsp3) is 0.531. The molecule has 3 saturated heterocycles. The molecule has 3 aromatic rings. The molecule has 2 bridgehead atoms. The van der Waals surface area contributed by atoms with E-state index in [9.17, 15) is 13.2 Å². The molecule has 0 radical (unpaired) electrons. The zero-order chi connectivity index (χ0) is 28.9. The van der Waals surface area contributed by atoms with Crippen LogP contribution in [0.3, 0.4) is 0 Å². The number of nitrogens with zero attached hydrogens (tertiary/aromatic N) is 4. The first-order valence-corrected chi connectivity index (χ1v) is 16.5. The summed E-state index contributed by atoms with van der Waals surface area (Å²) in [4.78, 5) is 18.5. The smallest absolute Gasteiger partial charge is 0.270 e. The summed E-state index contributed by atoms with van der Waals surface area (Å²) in [6.45, 7) is 10.0. The number of benzene rings is 2. The van der Waals surface area contributed by atoms with Crippen molar-refractivity contribution in [2.24, 2.45) is 0 Å². The Morgan fingerprint density at radius 1 is 0.854 bits per heavy atom. The van der Waals surface area contributed by atoms with Gasteiger partial charge in [-0.25, -0.2) is 8.42 Å². The number of amides is 1. The van der Waals surface area contributed by atoms with Crippen LogP contribution in [-0.2, 0) is 10.0 Å². The molecule has 0 spiro atoms. The van der Waals surface area contributed by atoms with Gasteiger partial charge in [0.15, 0.2) is 0 Å². The molecule has 41 heavy (non-hydrogen) atoms. The third-order valence-corrected chi connectivity index (χ3v) is 11.0. The summed E-state index contributed by atoms with van der Waals surface area (Å²) < 4.78 is 36.2. The van der Waals surface area contributed by atoms with Gasteiger partial charge in [0.1, 0.15) is 17.5 Å². The summed E-state index contributed by atoms with van der Waals surface area (Å²) in [5.74, 6) is 0.797. The van der Waals surface area contributed by atoms with Gasteiger partial charge in [0.2, 0.25) is 10.0 Å². The van der Waals surface area contributed by atoms with Crippen LogP contribution in [-0.4, -0.2) is 83.4 Å². The van der Waals surface area contributed by atoms with Crippen LogP contribution in [0.2, 0.25) is 0 Å². The van der Waals surface area contributed by atoms with Gasteiger partial charge in [0.05, 0.1) is 4.90 Å². The SMILES string of the molecule is CC(C)N1C2CCC1CC(Oc1ccc3c(c1)cc(C(=O)N1CCN(S(=O)(=O)c4ccccc4)CC1)n3C(C)C)C2. The lowest BCUT2D eigenvalue weighted by Gasteiger charge is -2.41. The number of rotatable bonds is 7. The first-order valence-electron chi connectivity index (χ1n) is 15.1. The first-order chi connectivity index (χ1) is 19.6. The monoisotopic (exact) mass is 578 g/mol. The zero-order valence-corrected chi connectivity index (χ0v) is 25.4. The van der Waals surface area contributed by atoms with E-state index < -0.39 is 10.0 Å². The maximum Gasteiger partial charge on any atom is 0.270 e. The van der Waals surface area contributed by atoms with E-state index in [0.29, 0.717) is 36.9 Å². The average Bonchev–Trinajstić information content (AvgIpc) is 3.48. The van der Waals surface area contributed by atoms with Crippen molar-refractivity contribution in [3.63, 3.8) is 0 Å². The lowest BCUT2D eigenvalue weighted by Crippen LogP contribution is -2.50. The number of hydrogen-bond donors (Lipinski definition) is 0. The van der Waals surface area contributed by atoms with Crippen molar-refractivity contribution in [1.29, 1.82) is 0 Å². The van der Waals surface area contributed by atoms with E-state index in [0.717, 1.165) is 29.5 Å². The molecule has 220 valence electrons. The minimum atomic E-state index is -3.57. The van der Waals surface area contributed by atoms with E-state index in [2.05, 4.69) is 49.3 Å². The van der Waals surface area contributed by atoms with Crippen molar-refractivity contribution in [1.82, 2.24) is 18.7 Å². The molecule has 0 saturated carbocycles. The Morgan fingerprint density at radius 3 is 2.12 bits per heavy atom. The van der Waals surface area contributed by atoms with Crippen LogP contribution in [0.15, 0.2) is 59.5 Å². The van der Waals surface area contributed by atoms with Gasteiger partial charge in [0, 0.05) is 61.2 Å². The van der Waals surface area contributed by atoms with E-state index in [-0.39, 0.29) is 36.0 Å². The van der Waals surface area contributed by atoms with Crippen LogP contribution < -0.4 is 4.74 Å². The second-order valence-electron chi connectivity index (χ2n) is 12.4. The molecule has 2 atom stereocenters. The van der Waals surface area contributed by atoms with Gasteiger partial charge < -0.3 is 14.2 Å². The number of hydrogen-bond acceptors (Lipinski definition) is 5. The molecule has 1 amide bonds. The first kappa shape index (κ1) is 28.2. The molecule has 1 aromatic heterocycles. The van der Waals surface area contributed by atoms with Gasteiger partial charge in [-0.15, -0.1) is 0 Å². The van der Waals surface area contributed by atoms with E-state index in [4.69, 9.17) is 4.74 Å². The maximum absolute atomic E-state index is 13.8. The van der Waals surface area contributed by atoms with Crippen molar-refractivity contribution >= 4 is 26.8 Å². The van der Waals surface area contributed by atoms with Crippen molar-refractivity contribution in [2.45, 2.75) is 88.5 Å². The summed E-state index contributed by atoms with van der Waals surface area (Å²) in [5, 5.41) is 0.993. The average molecular weight is 579 g/mol. The second-order valence-corrected chi connectivity index (χ2v) is 14.3. The van der Waals surface area contributed by atoms with Crippen LogP contribution in [0.25, 0.3) is 10.9 Å². The highest BCUT2D eigenvalue weighted by atomic mass is 32.2. The number of carbonyl (C=O) groups is 1. The zero-order valence-electron chi connectivity index (χ0n) is 24.6. The van der Waals surface area contributed by atoms with Gasteiger partial charge in [-0.2, -0.15) is 4.31 Å². The fourth-order valence-electron chi connectivity index (χ4n) is 7.34. The van der Waals surface area contributed by atoms with E-state index in [1.807, 2.05) is 12.1 Å². The number of carbonyl (C=O) groups excluding carboxylic acids is 1. The van der Waals surface area contributed by atoms with E-state index >= 15 is 0 Å². The van der Waals surface area contributed by atoms with Crippen molar-refractivity contribution in [2.75, 3.05) is 26.2 Å². The van der Waals surface area contributed by atoms with Crippen LogP contribution in [0.5, 0.6) is 5.75 Å².